The van der Waals surface area contributed by atoms with Crippen molar-refractivity contribution >= 4 is 5.82 Å². The van der Waals surface area contributed by atoms with Gasteiger partial charge in [-0.05, 0) is 58.6 Å². The molecule has 2 rings (SSSR count). The molecule has 0 radical (unpaired) electrons. The Morgan fingerprint density at radius 2 is 1.81 bits per heavy atom. The van der Waals surface area contributed by atoms with Crippen molar-refractivity contribution in [2.24, 2.45) is 0 Å². The number of anilines is 1. The molecule has 0 aliphatic carbocycles. The highest BCUT2D eigenvalue weighted by Gasteiger charge is 2.18. The molecule has 3 nitrogen and oxygen atoms in total. The van der Waals surface area contributed by atoms with E-state index >= 15 is 0 Å². The maximum atomic E-state index is 4.77. The van der Waals surface area contributed by atoms with Crippen molar-refractivity contribution in [3.8, 4) is 0 Å². The van der Waals surface area contributed by atoms with Crippen molar-refractivity contribution in [3.05, 3.63) is 46.6 Å². The van der Waals surface area contributed by atoms with Crippen LogP contribution in [0.4, 0.5) is 5.82 Å². The number of aryl methyl sites for hydroxylation is 4. The fourth-order valence-electron chi connectivity index (χ4n) is 2.57. The number of benzene rings is 1. The smallest absolute Gasteiger partial charge is 0.124 e. The van der Waals surface area contributed by atoms with Crippen LogP contribution < -0.4 is 5.32 Å². The van der Waals surface area contributed by atoms with Crippen molar-refractivity contribution in [3.63, 3.8) is 0 Å². The van der Waals surface area contributed by atoms with Gasteiger partial charge in [0.15, 0.2) is 0 Å². The molecule has 0 saturated carbocycles. The minimum absolute atomic E-state index is 0.00412. The second-order valence-corrected chi connectivity index (χ2v) is 6.78. The fourth-order valence-corrected chi connectivity index (χ4v) is 2.57. The van der Waals surface area contributed by atoms with Gasteiger partial charge in [-0.15, -0.1) is 0 Å². The van der Waals surface area contributed by atoms with Crippen LogP contribution in [0.3, 0.4) is 0 Å². The average Bonchev–Trinajstić information content (AvgIpc) is 2.83. The lowest BCUT2D eigenvalue weighted by molar-refractivity contribution is 0.358. The lowest BCUT2D eigenvalue weighted by Gasteiger charge is -2.21. The molecule has 0 fully saturated rings. The van der Waals surface area contributed by atoms with Crippen LogP contribution in [-0.2, 0) is 18.4 Å². The molecule has 0 spiro atoms. The van der Waals surface area contributed by atoms with E-state index in [-0.39, 0.29) is 5.54 Å². The molecule has 0 aliphatic heterocycles. The number of nitrogens with one attached hydrogen (secondary N) is 1. The van der Waals surface area contributed by atoms with Gasteiger partial charge in [-0.3, -0.25) is 0 Å². The molecule has 2 aromatic rings. The van der Waals surface area contributed by atoms with Gasteiger partial charge in [0.05, 0.1) is 11.2 Å². The third-order valence-corrected chi connectivity index (χ3v) is 3.81. The number of rotatable bonds is 4. The molecular weight excluding hydrogens is 258 g/mol. The lowest BCUT2D eigenvalue weighted by atomic mass is 10.0. The quantitative estimate of drug-likeness (QED) is 0.917. The maximum absolute atomic E-state index is 4.77. The lowest BCUT2D eigenvalue weighted by Crippen LogP contribution is -2.24. The van der Waals surface area contributed by atoms with Crippen LogP contribution in [0.5, 0.6) is 0 Å². The van der Waals surface area contributed by atoms with Gasteiger partial charge < -0.3 is 5.32 Å². The zero-order valence-corrected chi connectivity index (χ0v) is 14.1. The van der Waals surface area contributed by atoms with E-state index in [1.54, 1.807) is 0 Å². The maximum Gasteiger partial charge on any atom is 0.124 e. The van der Waals surface area contributed by atoms with Gasteiger partial charge in [0, 0.05) is 13.1 Å². The molecule has 0 aliphatic rings. The molecule has 21 heavy (non-hydrogen) atoms. The van der Waals surface area contributed by atoms with Crippen LogP contribution in [0.25, 0.3) is 0 Å². The van der Waals surface area contributed by atoms with Crippen LogP contribution >= 0.6 is 0 Å². The van der Waals surface area contributed by atoms with Crippen molar-refractivity contribution in [1.82, 2.24) is 9.78 Å². The minimum atomic E-state index is -0.00412. The Bertz CT molecular complexity index is 618. The Kier molecular flexibility index (Phi) is 4.40. The Labute approximate surface area is 128 Å². The van der Waals surface area contributed by atoms with Crippen molar-refractivity contribution in [2.75, 3.05) is 12.4 Å². The molecular formula is C18H27N3. The Morgan fingerprint density at radius 1 is 1.10 bits per heavy atom. The van der Waals surface area contributed by atoms with E-state index in [1.165, 1.54) is 16.7 Å². The molecule has 0 unspecified atom stereocenters. The van der Waals surface area contributed by atoms with Gasteiger partial charge >= 0.3 is 0 Å². The predicted octanol–water partition coefficient (Wildman–Crippen LogP) is 4.08. The SMILES string of the molecule is CNc1cc(CCc2cc(C)ccc2C)nn1C(C)(C)C. The van der Waals surface area contributed by atoms with E-state index in [0.717, 1.165) is 24.4 Å². The van der Waals surface area contributed by atoms with Gasteiger partial charge in [0.2, 0.25) is 0 Å². The average molecular weight is 285 g/mol. The van der Waals surface area contributed by atoms with Crippen LogP contribution in [0.1, 0.15) is 43.2 Å². The van der Waals surface area contributed by atoms with E-state index in [2.05, 4.69) is 68.9 Å². The van der Waals surface area contributed by atoms with Crippen LogP contribution in [0, 0.1) is 13.8 Å². The third-order valence-electron chi connectivity index (χ3n) is 3.81. The Hall–Kier alpha value is -1.77. The van der Waals surface area contributed by atoms with Crippen LogP contribution in [0.15, 0.2) is 24.3 Å². The Morgan fingerprint density at radius 3 is 2.38 bits per heavy atom. The van der Waals surface area contributed by atoms with E-state index < -0.39 is 0 Å². The topological polar surface area (TPSA) is 29.9 Å². The van der Waals surface area contributed by atoms with E-state index in [9.17, 15) is 0 Å². The van der Waals surface area contributed by atoms with Gasteiger partial charge in [-0.1, -0.05) is 23.8 Å². The standard InChI is InChI=1S/C18H27N3/c1-13-7-8-14(2)15(11-13)9-10-16-12-17(19-6)21(20-16)18(3,4)5/h7-8,11-12,19H,9-10H2,1-6H3. The highest BCUT2D eigenvalue weighted by molar-refractivity contribution is 5.38. The van der Waals surface area contributed by atoms with E-state index in [0.29, 0.717) is 0 Å². The molecule has 1 N–H and O–H groups in total. The molecule has 3 heteroatoms. The molecule has 1 aromatic heterocycles. The first kappa shape index (κ1) is 15.6. The largest absolute Gasteiger partial charge is 0.373 e. The monoisotopic (exact) mass is 285 g/mol. The summed E-state index contributed by atoms with van der Waals surface area (Å²) < 4.78 is 2.07. The number of nitrogens with zero attached hydrogens (tertiary/aromatic N) is 2. The first-order valence-electron chi connectivity index (χ1n) is 7.64. The van der Waals surface area contributed by atoms with Gasteiger partial charge in [-0.2, -0.15) is 5.10 Å². The van der Waals surface area contributed by atoms with Crippen molar-refractivity contribution in [2.45, 2.75) is 53.0 Å². The minimum Gasteiger partial charge on any atom is -0.373 e. The molecule has 1 heterocycles. The summed E-state index contributed by atoms with van der Waals surface area (Å²) in [5.41, 5.74) is 5.26. The summed E-state index contributed by atoms with van der Waals surface area (Å²) >= 11 is 0. The number of aromatic nitrogens is 2. The summed E-state index contributed by atoms with van der Waals surface area (Å²) in [6.45, 7) is 10.9. The van der Waals surface area contributed by atoms with Gasteiger partial charge in [0.1, 0.15) is 5.82 Å². The van der Waals surface area contributed by atoms with E-state index in [1.807, 2.05) is 7.05 Å². The van der Waals surface area contributed by atoms with Crippen molar-refractivity contribution < 1.29 is 0 Å². The summed E-state index contributed by atoms with van der Waals surface area (Å²) in [6.07, 6.45) is 2.01. The highest BCUT2D eigenvalue weighted by atomic mass is 15.4. The first-order chi connectivity index (χ1) is 9.81. The molecule has 114 valence electrons. The molecule has 0 atom stereocenters. The third kappa shape index (κ3) is 3.66. The number of hydrogen-bond donors (Lipinski definition) is 1. The molecule has 0 saturated heterocycles. The number of hydrogen-bond acceptors (Lipinski definition) is 2. The van der Waals surface area contributed by atoms with Crippen LogP contribution in [-0.4, -0.2) is 16.8 Å². The molecule has 0 bridgehead atoms. The summed E-state index contributed by atoms with van der Waals surface area (Å²) in [5.74, 6) is 1.08. The van der Waals surface area contributed by atoms with Gasteiger partial charge in [0.25, 0.3) is 0 Å². The highest BCUT2D eigenvalue weighted by Crippen LogP contribution is 2.22. The normalized spacial score (nSPS) is 11.7. The zero-order chi connectivity index (χ0) is 15.6. The van der Waals surface area contributed by atoms with E-state index in [4.69, 9.17) is 5.10 Å². The first-order valence-corrected chi connectivity index (χ1v) is 7.64. The molecule has 0 amide bonds. The summed E-state index contributed by atoms with van der Waals surface area (Å²) in [5, 5.41) is 8.02. The summed E-state index contributed by atoms with van der Waals surface area (Å²) in [6, 6.07) is 8.83. The predicted molar refractivity (Wildman–Crippen MR) is 90.1 cm³/mol. The zero-order valence-electron chi connectivity index (χ0n) is 14.1. The Balaban J connectivity index is 2.17. The second-order valence-electron chi connectivity index (χ2n) is 6.78. The van der Waals surface area contributed by atoms with Crippen LogP contribution in [0.2, 0.25) is 0 Å². The summed E-state index contributed by atoms with van der Waals surface area (Å²) in [7, 11) is 1.95. The van der Waals surface area contributed by atoms with Gasteiger partial charge in [-0.25, -0.2) is 4.68 Å². The van der Waals surface area contributed by atoms with Crippen molar-refractivity contribution in [1.29, 1.82) is 0 Å². The molecule has 1 aromatic carbocycles. The second kappa shape index (κ2) is 5.92. The fraction of sp³-hybridized carbons (Fsp3) is 0.500. The summed E-state index contributed by atoms with van der Waals surface area (Å²) in [4.78, 5) is 0.